The van der Waals surface area contributed by atoms with Gasteiger partial charge in [-0.1, -0.05) is 0 Å². The van der Waals surface area contributed by atoms with Crippen molar-refractivity contribution >= 4 is 5.91 Å². The van der Waals surface area contributed by atoms with Crippen LogP contribution in [0.4, 0.5) is 0 Å². The van der Waals surface area contributed by atoms with E-state index in [1.807, 2.05) is 6.92 Å². The lowest BCUT2D eigenvalue weighted by molar-refractivity contribution is -0.131. The Morgan fingerprint density at radius 1 is 1.54 bits per heavy atom. The first-order valence-electron chi connectivity index (χ1n) is 4.17. The summed E-state index contributed by atoms with van der Waals surface area (Å²) in [6.07, 6.45) is -0.570. The zero-order valence-corrected chi connectivity index (χ0v) is 8.37. The van der Waals surface area contributed by atoms with E-state index in [4.69, 9.17) is 15.2 Å². The van der Waals surface area contributed by atoms with Gasteiger partial charge in [-0.3, -0.25) is 4.79 Å². The summed E-state index contributed by atoms with van der Waals surface area (Å²) in [6, 6.07) is -0.0262. The summed E-state index contributed by atoms with van der Waals surface area (Å²) in [4.78, 5) is 11.3. The molecule has 0 saturated heterocycles. The first-order valence-corrected chi connectivity index (χ1v) is 4.17. The van der Waals surface area contributed by atoms with Crippen molar-refractivity contribution in [1.29, 1.82) is 0 Å². The Morgan fingerprint density at radius 2 is 2.15 bits per heavy atom. The van der Waals surface area contributed by atoms with E-state index in [1.54, 1.807) is 7.11 Å². The van der Waals surface area contributed by atoms with Crippen molar-refractivity contribution in [1.82, 2.24) is 5.32 Å². The Balaban J connectivity index is 3.83. The maximum Gasteiger partial charge on any atom is 0.250 e. The van der Waals surface area contributed by atoms with Crippen LogP contribution >= 0.6 is 0 Å². The highest BCUT2D eigenvalue weighted by Gasteiger charge is 2.17. The Morgan fingerprint density at radius 3 is 2.54 bits per heavy atom. The standard InChI is InChI=1S/C8H18N2O3/c1-6(5-12-2)10-8(11)7(4-9)13-3/h6-7H,4-5,9H2,1-3H3,(H,10,11). The summed E-state index contributed by atoms with van der Waals surface area (Å²) in [7, 11) is 3.04. The molecule has 0 spiro atoms. The van der Waals surface area contributed by atoms with Gasteiger partial charge in [0.25, 0.3) is 5.91 Å². The number of amides is 1. The molecule has 0 heterocycles. The zero-order valence-electron chi connectivity index (χ0n) is 8.37. The van der Waals surface area contributed by atoms with Crippen LogP contribution < -0.4 is 11.1 Å². The van der Waals surface area contributed by atoms with Gasteiger partial charge in [-0.25, -0.2) is 0 Å². The number of carbonyl (C=O) groups excluding carboxylic acids is 1. The first kappa shape index (κ1) is 12.3. The van der Waals surface area contributed by atoms with Crippen LogP contribution in [0.2, 0.25) is 0 Å². The molecule has 5 nitrogen and oxygen atoms in total. The van der Waals surface area contributed by atoms with Gasteiger partial charge in [-0.05, 0) is 6.92 Å². The van der Waals surface area contributed by atoms with Gasteiger partial charge in [0.2, 0.25) is 0 Å². The Bertz CT molecular complexity index is 148. The van der Waals surface area contributed by atoms with Crippen LogP contribution in [0.15, 0.2) is 0 Å². The molecule has 2 unspecified atom stereocenters. The molecule has 0 fully saturated rings. The van der Waals surface area contributed by atoms with E-state index in [2.05, 4.69) is 5.32 Å². The smallest absolute Gasteiger partial charge is 0.250 e. The number of nitrogens with one attached hydrogen (secondary N) is 1. The van der Waals surface area contributed by atoms with Crippen molar-refractivity contribution in [3.05, 3.63) is 0 Å². The van der Waals surface area contributed by atoms with E-state index in [9.17, 15) is 4.79 Å². The third-order valence-corrected chi connectivity index (χ3v) is 1.60. The minimum absolute atomic E-state index is 0.0262. The molecule has 0 aromatic heterocycles. The van der Waals surface area contributed by atoms with Gasteiger partial charge < -0.3 is 20.5 Å². The average Bonchev–Trinajstić information content (AvgIpc) is 2.06. The van der Waals surface area contributed by atoms with Crippen molar-refractivity contribution in [3.8, 4) is 0 Å². The molecule has 78 valence electrons. The second-order valence-corrected chi connectivity index (χ2v) is 2.83. The largest absolute Gasteiger partial charge is 0.383 e. The van der Waals surface area contributed by atoms with Gasteiger partial charge in [-0.15, -0.1) is 0 Å². The Kier molecular flexibility index (Phi) is 6.48. The van der Waals surface area contributed by atoms with Gasteiger partial charge >= 0.3 is 0 Å². The molecule has 0 aliphatic carbocycles. The second kappa shape index (κ2) is 6.82. The number of carbonyl (C=O) groups is 1. The fraction of sp³-hybridized carbons (Fsp3) is 0.875. The molecule has 1 amide bonds. The highest BCUT2D eigenvalue weighted by molar-refractivity contribution is 5.81. The average molecular weight is 190 g/mol. The lowest BCUT2D eigenvalue weighted by atomic mass is 10.3. The van der Waals surface area contributed by atoms with E-state index in [0.717, 1.165) is 0 Å². The normalized spacial score (nSPS) is 15.1. The molecule has 0 aliphatic heterocycles. The van der Waals surface area contributed by atoms with Crippen LogP contribution in [0.5, 0.6) is 0 Å². The molecule has 0 bridgehead atoms. The van der Waals surface area contributed by atoms with Gasteiger partial charge in [0.05, 0.1) is 6.61 Å². The van der Waals surface area contributed by atoms with E-state index in [0.29, 0.717) is 6.61 Å². The Labute approximate surface area is 78.6 Å². The molecule has 0 aromatic carbocycles. The number of ether oxygens (including phenoxy) is 2. The number of nitrogens with two attached hydrogens (primary N) is 1. The van der Waals surface area contributed by atoms with Crippen molar-refractivity contribution in [2.75, 3.05) is 27.4 Å². The molecule has 2 atom stereocenters. The highest BCUT2D eigenvalue weighted by Crippen LogP contribution is 1.89. The quantitative estimate of drug-likeness (QED) is 0.570. The third kappa shape index (κ3) is 4.82. The second-order valence-electron chi connectivity index (χ2n) is 2.83. The molecule has 3 N–H and O–H groups in total. The predicted molar refractivity (Wildman–Crippen MR) is 49.3 cm³/mol. The fourth-order valence-electron chi connectivity index (χ4n) is 0.938. The molecular weight excluding hydrogens is 172 g/mol. The minimum Gasteiger partial charge on any atom is -0.383 e. The van der Waals surface area contributed by atoms with Gasteiger partial charge in [0, 0.05) is 26.8 Å². The van der Waals surface area contributed by atoms with Crippen molar-refractivity contribution in [2.24, 2.45) is 5.73 Å². The van der Waals surface area contributed by atoms with E-state index in [-0.39, 0.29) is 18.5 Å². The fourth-order valence-corrected chi connectivity index (χ4v) is 0.938. The van der Waals surface area contributed by atoms with Crippen LogP contribution in [-0.2, 0) is 14.3 Å². The maximum absolute atomic E-state index is 11.3. The van der Waals surface area contributed by atoms with Gasteiger partial charge in [0.15, 0.2) is 0 Å². The van der Waals surface area contributed by atoms with Crippen molar-refractivity contribution < 1.29 is 14.3 Å². The summed E-state index contributed by atoms with van der Waals surface area (Å²) in [5.74, 6) is -0.199. The van der Waals surface area contributed by atoms with E-state index < -0.39 is 6.10 Å². The summed E-state index contributed by atoms with van der Waals surface area (Å²) in [6.45, 7) is 2.51. The zero-order chi connectivity index (χ0) is 10.3. The van der Waals surface area contributed by atoms with Crippen LogP contribution in [0.25, 0.3) is 0 Å². The van der Waals surface area contributed by atoms with Crippen molar-refractivity contribution in [2.45, 2.75) is 19.1 Å². The van der Waals surface area contributed by atoms with E-state index >= 15 is 0 Å². The van der Waals surface area contributed by atoms with Gasteiger partial charge in [0.1, 0.15) is 6.10 Å². The van der Waals surface area contributed by atoms with Crippen molar-refractivity contribution in [3.63, 3.8) is 0 Å². The first-order chi connectivity index (χ1) is 6.15. The van der Waals surface area contributed by atoms with Crippen LogP contribution in [0.3, 0.4) is 0 Å². The summed E-state index contributed by atoms with van der Waals surface area (Å²) < 4.78 is 9.73. The summed E-state index contributed by atoms with van der Waals surface area (Å²) in [5.41, 5.74) is 5.32. The lowest BCUT2D eigenvalue weighted by Crippen LogP contribution is -2.45. The maximum atomic E-state index is 11.3. The Hall–Kier alpha value is -0.650. The lowest BCUT2D eigenvalue weighted by Gasteiger charge is -2.17. The number of hydrogen-bond acceptors (Lipinski definition) is 4. The predicted octanol–water partition coefficient (Wildman–Crippen LogP) is -0.889. The van der Waals surface area contributed by atoms with Crippen LogP contribution in [-0.4, -0.2) is 45.4 Å². The van der Waals surface area contributed by atoms with Crippen LogP contribution in [0.1, 0.15) is 6.92 Å². The number of methoxy groups -OCH3 is 2. The van der Waals surface area contributed by atoms with Crippen LogP contribution in [0, 0.1) is 0 Å². The monoisotopic (exact) mass is 190 g/mol. The molecule has 0 aromatic rings. The van der Waals surface area contributed by atoms with E-state index in [1.165, 1.54) is 7.11 Å². The highest BCUT2D eigenvalue weighted by atomic mass is 16.5. The SMILES string of the molecule is COCC(C)NC(=O)C(CN)OC. The number of rotatable bonds is 6. The molecule has 0 rings (SSSR count). The topological polar surface area (TPSA) is 73.6 Å². The molecule has 0 radical (unpaired) electrons. The third-order valence-electron chi connectivity index (χ3n) is 1.60. The minimum atomic E-state index is -0.570. The van der Waals surface area contributed by atoms with Gasteiger partial charge in [-0.2, -0.15) is 0 Å². The summed E-state index contributed by atoms with van der Waals surface area (Å²) in [5, 5.41) is 2.71. The number of hydrogen-bond donors (Lipinski definition) is 2. The molecule has 0 aliphatic rings. The molecular formula is C8H18N2O3. The molecule has 0 saturated carbocycles. The molecule has 5 heteroatoms. The summed E-state index contributed by atoms with van der Waals surface area (Å²) >= 11 is 0. The molecule has 13 heavy (non-hydrogen) atoms.